The lowest BCUT2D eigenvalue weighted by atomic mass is 9.93. The fraction of sp³-hybridized carbons (Fsp3) is 0.389. The zero-order chi connectivity index (χ0) is 19.6. The molecule has 27 heavy (non-hydrogen) atoms. The van der Waals surface area contributed by atoms with Crippen LogP contribution in [0.3, 0.4) is 0 Å². The van der Waals surface area contributed by atoms with E-state index in [-0.39, 0.29) is 23.9 Å². The number of likely N-dealkylation sites (tertiary alicyclic amines) is 1. The molecule has 1 saturated heterocycles. The number of hydrogen-bond donors (Lipinski definition) is 2. The van der Waals surface area contributed by atoms with Crippen LogP contribution in [0.1, 0.15) is 46.1 Å². The van der Waals surface area contributed by atoms with Crippen LogP contribution in [-0.2, 0) is 17.4 Å². The number of H-pyrrole nitrogens is 1. The summed E-state index contributed by atoms with van der Waals surface area (Å²) in [6, 6.07) is 6.46. The Bertz CT molecular complexity index is 839. The summed E-state index contributed by atoms with van der Waals surface area (Å²) in [6.07, 6.45) is -3.14. The van der Waals surface area contributed by atoms with Gasteiger partial charge in [0.1, 0.15) is 5.69 Å². The summed E-state index contributed by atoms with van der Waals surface area (Å²) >= 11 is 0. The van der Waals surface area contributed by atoms with Gasteiger partial charge in [0.05, 0.1) is 12.0 Å². The van der Waals surface area contributed by atoms with E-state index in [0.717, 1.165) is 17.8 Å². The number of benzene rings is 1. The molecule has 0 aliphatic carbocycles. The number of primary amides is 1. The number of carbonyl (C=O) groups excluding carboxylic acids is 2. The largest absolute Gasteiger partial charge is 0.416 e. The number of aromatic nitrogens is 2. The number of nitrogens with zero attached hydrogens (tertiary/aromatic N) is 2. The fourth-order valence-electron chi connectivity index (χ4n) is 3.26. The number of halogens is 3. The first-order chi connectivity index (χ1) is 12.7. The Balaban J connectivity index is 1.58. The van der Waals surface area contributed by atoms with Gasteiger partial charge in [0.15, 0.2) is 0 Å². The SMILES string of the molecule is NC(=O)c1cc(C2CCN(C(=O)Cc3cccc(C(F)(F)F)c3)CC2)[nH]n1. The lowest BCUT2D eigenvalue weighted by Gasteiger charge is -2.31. The molecular weight excluding hydrogens is 361 g/mol. The molecule has 1 fully saturated rings. The van der Waals surface area contributed by atoms with Crippen LogP contribution < -0.4 is 5.73 Å². The second-order valence-corrected chi connectivity index (χ2v) is 6.60. The highest BCUT2D eigenvalue weighted by Crippen LogP contribution is 2.30. The van der Waals surface area contributed by atoms with Gasteiger partial charge < -0.3 is 10.6 Å². The molecule has 2 heterocycles. The third-order valence-corrected chi connectivity index (χ3v) is 4.75. The van der Waals surface area contributed by atoms with E-state index < -0.39 is 17.6 Å². The monoisotopic (exact) mass is 380 g/mol. The maximum atomic E-state index is 12.8. The standard InChI is InChI=1S/C18H19F3N4O2/c19-18(20,21)13-3-1-2-11(8-13)9-16(26)25-6-4-12(5-7-25)14-10-15(17(22)27)24-23-14/h1-3,8,10,12H,4-7,9H2,(H2,22,27)(H,23,24). The molecule has 1 aliphatic rings. The van der Waals surface area contributed by atoms with E-state index in [1.165, 1.54) is 12.1 Å². The Labute approximate surface area is 153 Å². The third-order valence-electron chi connectivity index (χ3n) is 4.75. The number of piperidine rings is 1. The van der Waals surface area contributed by atoms with Crippen LogP contribution in [0.5, 0.6) is 0 Å². The van der Waals surface area contributed by atoms with Crippen molar-refractivity contribution in [2.75, 3.05) is 13.1 Å². The average molecular weight is 380 g/mol. The maximum absolute atomic E-state index is 12.8. The summed E-state index contributed by atoms with van der Waals surface area (Å²) in [5, 5.41) is 6.66. The molecule has 0 unspecified atom stereocenters. The van der Waals surface area contributed by atoms with Gasteiger partial charge in [-0.1, -0.05) is 18.2 Å². The van der Waals surface area contributed by atoms with Gasteiger partial charge in [0, 0.05) is 24.7 Å². The van der Waals surface area contributed by atoms with Crippen molar-refractivity contribution < 1.29 is 22.8 Å². The minimum Gasteiger partial charge on any atom is -0.364 e. The first-order valence-electron chi connectivity index (χ1n) is 8.53. The van der Waals surface area contributed by atoms with E-state index in [1.54, 1.807) is 11.0 Å². The van der Waals surface area contributed by atoms with E-state index in [0.29, 0.717) is 31.5 Å². The Morgan fingerprint density at radius 3 is 2.52 bits per heavy atom. The Morgan fingerprint density at radius 2 is 1.93 bits per heavy atom. The van der Waals surface area contributed by atoms with Gasteiger partial charge >= 0.3 is 6.18 Å². The van der Waals surface area contributed by atoms with Gasteiger partial charge in [0.25, 0.3) is 5.91 Å². The minimum atomic E-state index is -4.43. The third kappa shape index (κ3) is 4.47. The highest BCUT2D eigenvalue weighted by atomic mass is 19.4. The van der Waals surface area contributed by atoms with E-state index in [1.807, 2.05) is 0 Å². The van der Waals surface area contributed by atoms with Crippen molar-refractivity contribution >= 4 is 11.8 Å². The summed E-state index contributed by atoms with van der Waals surface area (Å²) in [5.74, 6) is -0.676. The van der Waals surface area contributed by atoms with Crippen LogP contribution in [0, 0.1) is 0 Å². The summed E-state index contributed by atoms with van der Waals surface area (Å²) in [4.78, 5) is 25.2. The fourth-order valence-corrected chi connectivity index (χ4v) is 3.26. The number of nitrogens with two attached hydrogens (primary N) is 1. The van der Waals surface area contributed by atoms with Gasteiger partial charge in [-0.05, 0) is 30.5 Å². The highest BCUT2D eigenvalue weighted by molar-refractivity contribution is 5.90. The summed E-state index contributed by atoms with van der Waals surface area (Å²) in [6.45, 7) is 0.987. The molecule has 144 valence electrons. The molecule has 0 bridgehead atoms. The van der Waals surface area contributed by atoms with Crippen molar-refractivity contribution in [3.05, 3.63) is 52.8 Å². The normalized spacial score (nSPS) is 15.7. The smallest absolute Gasteiger partial charge is 0.364 e. The quantitative estimate of drug-likeness (QED) is 0.854. The lowest BCUT2D eigenvalue weighted by Crippen LogP contribution is -2.38. The second-order valence-electron chi connectivity index (χ2n) is 6.60. The van der Waals surface area contributed by atoms with Crippen LogP contribution in [0.2, 0.25) is 0 Å². The molecule has 3 N–H and O–H groups in total. The van der Waals surface area contributed by atoms with E-state index in [9.17, 15) is 22.8 Å². The molecule has 9 heteroatoms. The molecule has 2 aromatic rings. The number of rotatable bonds is 4. The summed E-state index contributed by atoms with van der Waals surface area (Å²) in [5.41, 5.74) is 5.75. The number of amides is 2. The van der Waals surface area contributed by atoms with E-state index in [4.69, 9.17) is 5.73 Å². The number of alkyl halides is 3. The van der Waals surface area contributed by atoms with E-state index in [2.05, 4.69) is 10.2 Å². The Kier molecular flexibility index (Phi) is 5.20. The average Bonchev–Trinajstić information content (AvgIpc) is 3.12. The molecule has 1 aromatic heterocycles. The summed E-state index contributed by atoms with van der Waals surface area (Å²) in [7, 11) is 0. The van der Waals surface area contributed by atoms with Crippen LogP contribution >= 0.6 is 0 Å². The molecule has 2 amide bonds. The van der Waals surface area contributed by atoms with Crippen molar-refractivity contribution in [1.29, 1.82) is 0 Å². The van der Waals surface area contributed by atoms with Gasteiger partial charge in [-0.3, -0.25) is 14.7 Å². The van der Waals surface area contributed by atoms with Gasteiger partial charge in [-0.2, -0.15) is 18.3 Å². The van der Waals surface area contributed by atoms with Crippen molar-refractivity contribution in [1.82, 2.24) is 15.1 Å². The predicted octanol–water partition coefficient (Wildman–Crippen LogP) is 2.48. The molecule has 1 aromatic carbocycles. The molecule has 0 atom stereocenters. The molecule has 3 rings (SSSR count). The highest BCUT2D eigenvalue weighted by Gasteiger charge is 2.31. The van der Waals surface area contributed by atoms with Crippen LogP contribution in [0.4, 0.5) is 13.2 Å². The number of aromatic amines is 1. The van der Waals surface area contributed by atoms with Crippen molar-refractivity contribution in [2.45, 2.75) is 31.4 Å². The van der Waals surface area contributed by atoms with Crippen molar-refractivity contribution in [3.63, 3.8) is 0 Å². The van der Waals surface area contributed by atoms with Crippen molar-refractivity contribution in [2.24, 2.45) is 5.73 Å². The molecular formula is C18H19F3N4O2. The van der Waals surface area contributed by atoms with Gasteiger partial charge in [-0.25, -0.2) is 0 Å². The van der Waals surface area contributed by atoms with Gasteiger partial charge in [0.2, 0.25) is 5.91 Å². The maximum Gasteiger partial charge on any atom is 0.416 e. The van der Waals surface area contributed by atoms with E-state index >= 15 is 0 Å². The zero-order valence-corrected chi connectivity index (χ0v) is 14.4. The molecule has 1 aliphatic heterocycles. The number of nitrogens with one attached hydrogen (secondary N) is 1. The first kappa shape index (κ1) is 18.9. The van der Waals surface area contributed by atoms with Gasteiger partial charge in [-0.15, -0.1) is 0 Å². The Morgan fingerprint density at radius 1 is 1.22 bits per heavy atom. The topological polar surface area (TPSA) is 92.1 Å². The van der Waals surface area contributed by atoms with Crippen LogP contribution in [-0.4, -0.2) is 40.0 Å². The first-order valence-corrected chi connectivity index (χ1v) is 8.53. The lowest BCUT2D eigenvalue weighted by molar-refractivity contribution is -0.138. The van der Waals surface area contributed by atoms with Crippen LogP contribution in [0.15, 0.2) is 30.3 Å². The zero-order valence-electron chi connectivity index (χ0n) is 14.4. The number of carbonyl (C=O) groups is 2. The Hall–Kier alpha value is -2.84. The molecule has 0 saturated carbocycles. The second kappa shape index (κ2) is 7.42. The molecule has 6 nitrogen and oxygen atoms in total. The van der Waals surface area contributed by atoms with Crippen LogP contribution in [0.25, 0.3) is 0 Å². The predicted molar refractivity (Wildman–Crippen MR) is 90.8 cm³/mol. The summed E-state index contributed by atoms with van der Waals surface area (Å²) < 4.78 is 38.4. The minimum absolute atomic E-state index is 0.0650. The number of hydrogen-bond acceptors (Lipinski definition) is 3. The molecule has 0 radical (unpaired) electrons. The molecule has 0 spiro atoms. The van der Waals surface area contributed by atoms with Crippen molar-refractivity contribution in [3.8, 4) is 0 Å².